The minimum absolute atomic E-state index is 0.0739. The number of nitrogens with zero attached hydrogens (tertiary/aromatic N) is 3. The van der Waals surface area contributed by atoms with Crippen molar-refractivity contribution >= 4 is 63.5 Å². The van der Waals surface area contributed by atoms with Crippen molar-refractivity contribution in [2.24, 2.45) is 10.1 Å². The number of carbonyl (C=O) groups is 4. The molecule has 0 saturated carbocycles. The van der Waals surface area contributed by atoms with Gasteiger partial charge in [0.1, 0.15) is 16.8 Å². The highest BCUT2D eigenvalue weighted by Gasteiger charge is 2.36. The molecule has 1 amide bonds. The second kappa shape index (κ2) is 9.78. The molecule has 13 nitrogen and oxygen atoms in total. The van der Waals surface area contributed by atoms with Crippen molar-refractivity contribution < 1.29 is 39.3 Å². The number of thiazole rings is 1. The van der Waals surface area contributed by atoms with Crippen LogP contribution in [0.5, 0.6) is 0 Å². The Kier molecular flexibility index (Phi) is 7.58. The minimum atomic E-state index is -1.81. The lowest BCUT2D eigenvalue weighted by Gasteiger charge is -2.25. The van der Waals surface area contributed by atoms with Gasteiger partial charge < -0.3 is 31.2 Å². The van der Waals surface area contributed by atoms with Crippen molar-refractivity contribution in [1.29, 1.82) is 0 Å². The van der Waals surface area contributed by atoms with Gasteiger partial charge in [-0.2, -0.15) is 0 Å². The molecular weight excluding hydrogens is 466 g/mol. The summed E-state index contributed by atoms with van der Waals surface area (Å²) in [5.74, 6) is -5.20. The summed E-state index contributed by atoms with van der Waals surface area (Å²) in [6.07, 6.45) is 0. The molecule has 0 unspecified atom stereocenters. The smallest absolute Gasteiger partial charge is 0.354 e. The molecule has 32 heavy (non-hydrogen) atoms. The first-order valence-electron chi connectivity index (χ1n) is 8.69. The van der Waals surface area contributed by atoms with Crippen LogP contribution in [0.4, 0.5) is 5.13 Å². The van der Waals surface area contributed by atoms with E-state index >= 15 is 0 Å². The molecule has 6 N–H and O–H groups in total. The van der Waals surface area contributed by atoms with Crippen molar-refractivity contribution in [3.63, 3.8) is 0 Å². The van der Waals surface area contributed by atoms with E-state index in [1.54, 1.807) is 0 Å². The van der Waals surface area contributed by atoms with Crippen molar-refractivity contribution in [1.82, 2.24) is 10.3 Å². The Bertz CT molecular complexity index is 1030. The summed E-state index contributed by atoms with van der Waals surface area (Å²) in [5, 5.41) is 34.0. The Morgan fingerprint density at radius 3 is 2.50 bits per heavy atom. The van der Waals surface area contributed by atoms with E-state index in [9.17, 15) is 29.4 Å². The number of nitrogens with one attached hydrogen (secondary N) is 1. The summed E-state index contributed by atoms with van der Waals surface area (Å²) in [4.78, 5) is 60.0. The molecule has 1 aliphatic heterocycles. The third-order valence-electron chi connectivity index (χ3n) is 3.92. The fourth-order valence-electron chi connectivity index (χ4n) is 2.15. The predicted octanol–water partition coefficient (Wildman–Crippen LogP) is 0.0333. The average Bonchev–Trinajstić information content (AvgIpc) is 3.12. The number of amides is 1. The molecule has 1 aliphatic rings. The Labute approximate surface area is 189 Å². The van der Waals surface area contributed by atoms with Crippen molar-refractivity contribution in [3.8, 4) is 0 Å². The van der Waals surface area contributed by atoms with Crippen molar-refractivity contribution in [2.75, 3.05) is 11.5 Å². The molecule has 2 rings (SSSR count). The van der Waals surface area contributed by atoms with E-state index < -0.39 is 46.5 Å². The van der Waals surface area contributed by atoms with Crippen LogP contribution >= 0.6 is 23.1 Å². The van der Waals surface area contributed by atoms with E-state index in [-0.39, 0.29) is 27.9 Å². The summed E-state index contributed by atoms with van der Waals surface area (Å²) in [7, 11) is 0. The second-order valence-electron chi connectivity index (χ2n) is 6.79. The third-order valence-corrected chi connectivity index (χ3v) is 5.83. The maximum Gasteiger partial charge on any atom is 0.354 e. The number of hydrogen-bond acceptors (Lipinski definition) is 11. The maximum atomic E-state index is 12.9. The Balaban J connectivity index is 2.37. The Morgan fingerprint density at radius 2 is 2.00 bits per heavy atom. The number of carboxylic acids is 3. The first-order chi connectivity index (χ1) is 14.8. The van der Waals surface area contributed by atoms with Crippen LogP contribution in [0.3, 0.4) is 0 Å². The van der Waals surface area contributed by atoms with E-state index in [1.807, 2.05) is 0 Å². The monoisotopic (exact) mass is 485 g/mol. The molecule has 0 fully saturated rings. The van der Waals surface area contributed by atoms with Gasteiger partial charge >= 0.3 is 17.9 Å². The molecule has 0 aliphatic carbocycles. The number of aliphatic imine (C=N–C) groups is 1. The van der Waals surface area contributed by atoms with Gasteiger partial charge in [-0.3, -0.25) is 9.79 Å². The number of oxime groups is 1. The van der Waals surface area contributed by atoms with Crippen LogP contribution in [0.25, 0.3) is 0 Å². The lowest BCUT2D eigenvalue weighted by molar-refractivity contribution is -0.161. The van der Waals surface area contributed by atoms with Gasteiger partial charge in [0.15, 0.2) is 16.9 Å². The van der Waals surface area contributed by atoms with E-state index in [0.29, 0.717) is 0 Å². The largest absolute Gasteiger partial charge is 0.480 e. The van der Waals surface area contributed by atoms with E-state index in [0.717, 1.165) is 23.1 Å². The lowest BCUT2D eigenvalue weighted by atomic mass is 10.1. The maximum absolute atomic E-state index is 12.9. The van der Waals surface area contributed by atoms with Crippen LogP contribution in [0.1, 0.15) is 19.5 Å². The summed E-state index contributed by atoms with van der Waals surface area (Å²) in [6.45, 7) is 5.96. The summed E-state index contributed by atoms with van der Waals surface area (Å²) in [5.41, 5.74) is 2.99. The van der Waals surface area contributed by atoms with E-state index in [4.69, 9.17) is 15.7 Å². The Hall–Kier alpha value is -3.46. The number of thioether (sulfide) groups is 1. The van der Waals surface area contributed by atoms with Crippen LogP contribution in [-0.4, -0.2) is 78.3 Å². The average molecular weight is 486 g/mol. The lowest BCUT2D eigenvalue weighted by Crippen LogP contribution is -2.50. The van der Waals surface area contributed by atoms with Crippen LogP contribution in [0, 0.1) is 0 Å². The van der Waals surface area contributed by atoms with Gasteiger partial charge in [0.2, 0.25) is 5.60 Å². The zero-order chi connectivity index (χ0) is 24.2. The number of rotatable bonds is 9. The molecular formula is C17H19N5O8S2. The first-order valence-corrected chi connectivity index (χ1v) is 10.6. The predicted molar refractivity (Wildman–Crippen MR) is 116 cm³/mol. The highest BCUT2D eigenvalue weighted by atomic mass is 32.2. The SMILES string of the molecule is C=C1CS[C@H]([C@H](NC(=O)/C(=N/OC(C)(C)C(=O)O)c2csc(N)n2)C(=O)O)N=C1C(=O)O. The Morgan fingerprint density at radius 1 is 1.34 bits per heavy atom. The highest BCUT2D eigenvalue weighted by Crippen LogP contribution is 2.26. The molecule has 0 bridgehead atoms. The number of carboxylic acid groups (broad SMARTS) is 3. The molecule has 0 saturated heterocycles. The van der Waals surface area contributed by atoms with Gasteiger partial charge in [-0.25, -0.2) is 19.4 Å². The minimum Gasteiger partial charge on any atom is -0.480 e. The van der Waals surface area contributed by atoms with Gasteiger partial charge in [-0.05, 0) is 19.4 Å². The molecule has 0 spiro atoms. The van der Waals surface area contributed by atoms with E-state index in [1.165, 1.54) is 19.2 Å². The van der Waals surface area contributed by atoms with Gasteiger partial charge in [0, 0.05) is 11.1 Å². The molecule has 1 aromatic heterocycles. The van der Waals surface area contributed by atoms with Crippen molar-refractivity contribution in [2.45, 2.75) is 30.9 Å². The van der Waals surface area contributed by atoms with Gasteiger partial charge in [0.25, 0.3) is 5.91 Å². The molecule has 1 aromatic rings. The van der Waals surface area contributed by atoms with Crippen LogP contribution in [-0.2, 0) is 24.0 Å². The number of aliphatic carboxylic acids is 3. The topological polar surface area (TPSA) is 214 Å². The first kappa shape index (κ1) is 24.8. The number of anilines is 1. The molecule has 0 radical (unpaired) electrons. The number of hydrogen-bond donors (Lipinski definition) is 5. The highest BCUT2D eigenvalue weighted by molar-refractivity contribution is 8.00. The second-order valence-corrected chi connectivity index (χ2v) is 8.79. The molecule has 0 aromatic carbocycles. The van der Waals surface area contributed by atoms with Crippen LogP contribution in [0.15, 0.2) is 27.7 Å². The number of carbonyl (C=O) groups excluding carboxylic acids is 1. The number of nitrogen functional groups attached to an aromatic ring is 1. The van der Waals surface area contributed by atoms with Gasteiger partial charge in [0.05, 0.1) is 0 Å². The van der Waals surface area contributed by atoms with Gasteiger partial charge in [-0.1, -0.05) is 11.7 Å². The zero-order valence-corrected chi connectivity index (χ0v) is 18.4. The molecule has 15 heteroatoms. The molecule has 2 heterocycles. The molecule has 172 valence electrons. The standard InChI is InChI=1S/C17H19N5O8S2/c1-6-4-31-12(21-8(6)13(24)25)10(14(26)27)20-11(23)9(7-5-32-16(18)19-7)22-30-17(2,3)15(28)29/h5,10,12H,1,4H2,2-3H3,(H2,18,19)(H,20,23)(H,24,25)(H,26,27)(H,28,29)/b22-9+/t10-,12+/m0/s1. The summed E-state index contributed by atoms with van der Waals surface area (Å²) < 4.78 is 0. The van der Waals surface area contributed by atoms with Crippen LogP contribution < -0.4 is 11.1 Å². The van der Waals surface area contributed by atoms with Crippen LogP contribution in [0.2, 0.25) is 0 Å². The number of nitrogens with two attached hydrogens (primary N) is 1. The quantitative estimate of drug-likeness (QED) is 0.232. The summed E-state index contributed by atoms with van der Waals surface area (Å²) in [6, 6.07) is -1.65. The third kappa shape index (κ3) is 5.82. The molecule has 2 atom stereocenters. The van der Waals surface area contributed by atoms with E-state index in [2.05, 4.69) is 27.0 Å². The van der Waals surface area contributed by atoms with Gasteiger partial charge in [-0.15, -0.1) is 23.1 Å². The normalized spacial score (nSPS) is 17.8. The fraction of sp³-hybridized carbons (Fsp3) is 0.353. The number of aromatic nitrogens is 1. The summed E-state index contributed by atoms with van der Waals surface area (Å²) >= 11 is 1.94. The van der Waals surface area contributed by atoms with Crippen molar-refractivity contribution in [3.05, 3.63) is 23.2 Å². The zero-order valence-electron chi connectivity index (χ0n) is 16.8. The fourth-order valence-corrected chi connectivity index (χ4v) is 3.76.